The summed E-state index contributed by atoms with van der Waals surface area (Å²) in [5, 5.41) is 9.87. The number of rotatable bonds is 3. The van der Waals surface area contributed by atoms with Crippen LogP contribution in [0, 0.1) is 5.82 Å². The first-order valence-electron chi connectivity index (χ1n) is 7.66. The first-order valence-corrected chi connectivity index (χ1v) is 7.66. The molecule has 0 fully saturated rings. The topological polar surface area (TPSA) is 35.9 Å². The van der Waals surface area contributed by atoms with Crippen LogP contribution < -0.4 is 9.64 Å². The average molecular weight is 316 g/mol. The fourth-order valence-corrected chi connectivity index (χ4v) is 2.78. The summed E-state index contributed by atoms with van der Waals surface area (Å²) in [5.41, 5.74) is 2.81. The third kappa shape index (κ3) is 3.40. The highest BCUT2D eigenvalue weighted by Crippen LogP contribution is 2.29. The number of benzene rings is 2. The van der Waals surface area contributed by atoms with Gasteiger partial charge in [-0.3, -0.25) is 4.90 Å². The van der Waals surface area contributed by atoms with Gasteiger partial charge in [0.25, 0.3) is 0 Å². The number of anilines is 1. The molecule has 3 rings (SSSR count). The second-order valence-corrected chi connectivity index (χ2v) is 5.99. The van der Waals surface area contributed by atoms with Crippen LogP contribution in [0.1, 0.15) is 11.1 Å². The van der Waals surface area contributed by atoms with Crippen LogP contribution in [-0.2, 0) is 13.1 Å². The summed E-state index contributed by atoms with van der Waals surface area (Å²) < 4.78 is 19.3. The molecule has 5 heteroatoms. The largest absolute Gasteiger partial charge is 0.505 e. The van der Waals surface area contributed by atoms with E-state index in [1.54, 1.807) is 12.1 Å². The Morgan fingerprint density at radius 2 is 2.09 bits per heavy atom. The molecule has 0 radical (unpaired) electrons. The highest BCUT2D eigenvalue weighted by molar-refractivity contribution is 5.52. The van der Waals surface area contributed by atoms with E-state index < -0.39 is 5.82 Å². The Balaban J connectivity index is 1.83. The highest BCUT2D eigenvalue weighted by atomic mass is 19.1. The van der Waals surface area contributed by atoms with Gasteiger partial charge in [0, 0.05) is 50.5 Å². The number of aromatic hydroxyl groups is 1. The molecule has 122 valence electrons. The average Bonchev–Trinajstić information content (AvgIpc) is 2.72. The smallest absolute Gasteiger partial charge is 0.165 e. The lowest BCUT2D eigenvalue weighted by Gasteiger charge is -2.21. The van der Waals surface area contributed by atoms with E-state index in [-0.39, 0.29) is 5.75 Å². The van der Waals surface area contributed by atoms with Crippen molar-refractivity contribution in [1.82, 2.24) is 4.90 Å². The van der Waals surface area contributed by atoms with Crippen LogP contribution in [0.3, 0.4) is 0 Å². The lowest BCUT2D eigenvalue weighted by Crippen LogP contribution is -2.25. The van der Waals surface area contributed by atoms with Crippen LogP contribution in [-0.4, -0.2) is 37.3 Å². The molecule has 0 aromatic heterocycles. The summed E-state index contributed by atoms with van der Waals surface area (Å²) >= 11 is 0. The fourth-order valence-electron chi connectivity index (χ4n) is 2.78. The van der Waals surface area contributed by atoms with E-state index in [4.69, 9.17) is 4.74 Å². The molecule has 0 saturated heterocycles. The van der Waals surface area contributed by atoms with E-state index in [2.05, 4.69) is 11.0 Å². The SMILES string of the molecule is CN(C)c1ccc2c(c1)CN(Cc1cccc(F)c1O)CCO2. The van der Waals surface area contributed by atoms with Crippen molar-refractivity contribution in [3.8, 4) is 11.5 Å². The van der Waals surface area contributed by atoms with Gasteiger partial charge in [0.1, 0.15) is 12.4 Å². The van der Waals surface area contributed by atoms with Gasteiger partial charge in [-0.05, 0) is 24.3 Å². The number of hydrogen-bond donors (Lipinski definition) is 1. The van der Waals surface area contributed by atoms with Gasteiger partial charge in [-0.2, -0.15) is 0 Å². The second kappa shape index (κ2) is 6.46. The molecule has 0 atom stereocenters. The molecule has 1 aliphatic heterocycles. The number of para-hydroxylation sites is 1. The van der Waals surface area contributed by atoms with Gasteiger partial charge in [-0.1, -0.05) is 12.1 Å². The zero-order chi connectivity index (χ0) is 16.4. The maximum atomic E-state index is 13.5. The molecule has 4 nitrogen and oxygen atoms in total. The van der Waals surface area contributed by atoms with E-state index in [9.17, 15) is 9.50 Å². The van der Waals surface area contributed by atoms with Gasteiger partial charge >= 0.3 is 0 Å². The minimum Gasteiger partial charge on any atom is -0.505 e. The zero-order valence-corrected chi connectivity index (χ0v) is 13.4. The number of phenols is 1. The fraction of sp³-hybridized carbons (Fsp3) is 0.333. The van der Waals surface area contributed by atoms with Crippen molar-refractivity contribution in [1.29, 1.82) is 0 Å². The molecule has 1 heterocycles. The van der Waals surface area contributed by atoms with E-state index in [1.165, 1.54) is 6.07 Å². The summed E-state index contributed by atoms with van der Waals surface area (Å²) in [7, 11) is 4.00. The van der Waals surface area contributed by atoms with E-state index >= 15 is 0 Å². The summed E-state index contributed by atoms with van der Waals surface area (Å²) in [4.78, 5) is 4.20. The van der Waals surface area contributed by atoms with Crippen LogP contribution in [0.5, 0.6) is 11.5 Å². The number of hydrogen-bond acceptors (Lipinski definition) is 4. The maximum Gasteiger partial charge on any atom is 0.165 e. The number of ether oxygens (including phenoxy) is 1. The molecule has 2 aromatic rings. The molecular weight excluding hydrogens is 295 g/mol. The molecule has 0 unspecified atom stereocenters. The van der Waals surface area contributed by atoms with Crippen LogP contribution in [0.2, 0.25) is 0 Å². The van der Waals surface area contributed by atoms with Crippen molar-refractivity contribution in [2.45, 2.75) is 13.1 Å². The third-order valence-electron chi connectivity index (χ3n) is 4.08. The number of halogens is 1. The molecule has 0 saturated carbocycles. The molecular formula is C18H21FN2O2. The van der Waals surface area contributed by atoms with Crippen molar-refractivity contribution in [3.05, 3.63) is 53.3 Å². The molecule has 23 heavy (non-hydrogen) atoms. The molecule has 0 amide bonds. The summed E-state index contributed by atoms with van der Waals surface area (Å²) in [6.07, 6.45) is 0. The van der Waals surface area contributed by atoms with Crippen LogP contribution in [0.25, 0.3) is 0 Å². The van der Waals surface area contributed by atoms with Crippen molar-refractivity contribution < 1.29 is 14.2 Å². The lowest BCUT2D eigenvalue weighted by molar-refractivity contribution is 0.217. The summed E-state index contributed by atoms with van der Waals surface area (Å²) in [6, 6.07) is 10.8. The van der Waals surface area contributed by atoms with E-state index in [1.807, 2.05) is 31.1 Å². The van der Waals surface area contributed by atoms with Gasteiger partial charge < -0.3 is 14.7 Å². The van der Waals surface area contributed by atoms with Gasteiger partial charge in [0.05, 0.1) is 0 Å². The number of phenolic OH excluding ortho intramolecular Hbond substituents is 1. The van der Waals surface area contributed by atoms with Crippen molar-refractivity contribution in [3.63, 3.8) is 0 Å². The summed E-state index contributed by atoms with van der Waals surface area (Å²) in [5.74, 6) is 0.0466. The first kappa shape index (κ1) is 15.6. The molecule has 0 bridgehead atoms. The lowest BCUT2D eigenvalue weighted by atomic mass is 10.1. The Morgan fingerprint density at radius 3 is 2.87 bits per heavy atom. The standard InChI is InChI=1S/C18H21FN2O2/c1-20(2)15-6-7-17-14(10-15)12-21(8-9-23-17)11-13-4-3-5-16(19)18(13)22/h3-7,10,22H,8-9,11-12H2,1-2H3. The maximum absolute atomic E-state index is 13.5. The predicted molar refractivity (Wildman–Crippen MR) is 88.4 cm³/mol. The second-order valence-electron chi connectivity index (χ2n) is 5.99. The Kier molecular flexibility index (Phi) is 4.39. The quantitative estimate of drug-likeness (QED) is 0.944. The minimum atomic E-state index is -0.580. The first-order chi connectivity index (χ1) is 11.0. The highest BCUT2D eigenvalue weighted by Gasteiger charge is 2.18. The molecule has 0 spiro atoms. The Hall–Kier alpha value is -2.27. The van der Waals surface area contributed by atoms with Gasteiger partial charge in [-0.25, -0.2) is 4.39 Å². The van der Waals surface area contributed by atoms with Crippen molar-refractivity contribution in [2.24, 2.45) is 0 Å². The zero-order valence-electron chi connectivity index (χ0n) is 13.4. The van der Waals surface area contributed by atoms with E-state index in [0.717, 1.165) is 23.5 Å². The Labute approximate surface area is 135 Å². The third-order valence-corrected chi connectivity index (χ3v) is 4.08. The predicted octanol–water partition coefficient (Wildman–Crippen LogP) is 2.99. The summed E-state index contributed by atoms with van der Waals surface area (Å²) in [6.45, 7) is 2.48. The number of fused-ring (bicyclic) bond motifs is 1. The van der Waals surface area contributed by atoms with Crippen LogP contribution in [0.15, 0.2) is 36.4 Å². The molecule has 0 aliphatic carbocycles. The molecule has 1 N–H and O–H groups in total. The molecule has 1 aliphatic rings. The monoisotopic (exact) mass is 316 g/mol. The normalized spacial score (nSPS) is 14.7. The number of nitrogens with zero attached hydrogens (tertiary/aromatic N) is 2. The Morgan fingerprint density at radius 1 is 1.26 bits per heavy atom. The van der Waals surface area contributed by atoms with Gasteiger partial charge in [0.15, 0.2) is 11.6 Å². The van der Waals surface area contributed by atoms with Gasteiger partial charge in [0.2, 0.25) is 0 Å². The van der Waals surface area contributed by atoms with E-state index in [0.29, 0.717) is 25.3 Å². The minimum absolute atomic E-state index is 0.264. The molecule has 2 aromatic carbocycles. The van der Waals surface area contributed by atoms with Crippen molar-refractivity contribution >= 4 is 5.69 Å². The van der Waals surface area contributed by atoms with Crippen LogP contribution >= 0.6 is 0 Å². The Bertz CT molecular complexity index is 703. The van der Waals surface area contributed by atoms with Crippen molar-refractivity contribution in [2.75, 3.05) is 32.1 Å². The van der Waals surface area contributed by atoms with Crippen LogP contribution in [0.4, 0.5) is 10.1 Å². The van der Waals surface area contributed by atoms with Gasteiger partial charge in [-0.15, -0.1) is 0 Å².